The first kappa shape index (κ1) is 55.0. The fourth-order valence-corrected chi connectivity index (χ4v) is 7.78. The Kier molecular flexibility index (Phi) is 36.4. The first-order valence-electron chi connectivity index (χ1n) is 23.5. The first-order valence-corrected chi connectivity index (χ1v) is 25.0. The predicted molar refractivity (Wildman–Crippen MR) is 234 cm³/mol. The number of hydrogen-bond acceptors (Lipinski definition) is 7. The van der Waals surface area contributed by atoms with E-state index in [1.165, 1.54) is 141 Å². The predicted octanol–water partition coefficient (Wildman–Crippen LogP) is 13.3. The summed E-state index contributed by atoms with van der Waals surface area (Å²) in [6.07, 6.45) is 34.1. The van der Waals surface area contributed by atoms with E-state index in [9.17, 15) is 19.0 Å². The van der Waals surface area contributed by atoms with E-state index in [1.54, 1.807) is 0 Å². The number of carbonyl (C=O) groups is 2. The van der Waals surface area contributed by atoms with Crippen molar-refractivity contribution in [3.05, 3.63) is 0 Å². The fourth-order valence-electron chi connectivity index (χ4n) is 7.04. The Bertz CT molecular complexity index is 958. The van der Waals surface area contributed by atoms with Crippen LogP contribution in [0.5, 0.6) is 0 Å². The number of phosphoric acid groups is 1. The van der Waals surface area contributed by atoms with Crippen LogP contribution in [-0.4, -0.2) is 74.9 Å². The molecular weight excluding hydrogens is 725 g/mol. The molecule has 0 aliphatic carbocycles. The first-order chi connectivity index (χ1) is 26.8. The van der Waals surface area contributed by atoms with Crippen LogP contribution in [0.1, 0.15) is 220 Å². The van der Waals surface area contributed by atoms with Crippen LogP contribution in [0.25, 0.3) is 0 Å². The van der Waals surface area contributed by atoms with Crippen molar-refractivity contribution in [3.63, 3.8) is 0 Å². The maximum Gasteiger partial charge on any atom is 0.472 e. The van der Waals surface area contributed by atoms with Crippen LogP contribution in [0.4, 0.5) is 0 Å². The fraction of sp³-hybridized carbons (Fsp3) is 0.957. The van der Waals surface area contributed by atoms with Crippen LogP contribution < -0.4 is 0 Å². The number of unbranched alkanes of at least 4 members (excludes halogenated alkanes) is 20. The van der Waals surface area contributed by atoms with Gasteiger partial charge < -0.3 is 18.9 Å². The van der Waals surface area contributed by atoms with Crippen molar-refractivity contribution in [2.75, 3.05) is 47.5 Å². The number of carbonyl (C=O) groups excluding carboxylic acids is 2. The van der Waals surface area contributed by atoms with Crippen LogP contribution in [0, 0.1) is 11.8 Å². The van der Waals surface area contributed by atoms with Gasteiger partial charge in [-0.05, 0) is 24.7 Å². The van der Waals surface area contributed by atoms with Gasteiger partial charge in [-0.15, -0.1) is 0 Å². The normalized spacial score (nSPS) is 14.6. The zero-order chi connectivity index (χ0) is 41.8. The zero-order valence-corrected chi connectivity index (χ0v) is 38.9. The zero-order valence-electron chi connectivity index (χ0n) is 38.0. The third kappa shape index (κ3) is 39.8. The number of quaternary nitrogens is 1. The highest BCUT2D eigenvalue weighted by molar-refractivity contribution is 7.47. The van der Waals surface area contributed by atoms with E-state index in [0.717, 1.165) is 43.9 Å². The van der Waals surface area contributed by atoms with E-state index in [0.29, 0.717) is 23.9 Å². The van der Waals surface area contributed by atoms with Gasteiger partial charge in [0.1, 0.15) is 19.8 Å². The quantitative estimate of drug-likeness (QED) is 0.0281. The van der Waals surface area contributed by atoms with Crippen molar-refractivity contribution in [3.8, 4) is 0 Å². The third-order valence-electron chi connectivity index (χ3n) is 10.9. The van der Waals surface area contributed by atoms with Crippen molar-refractivity contribution < 1.29 is 42.1 Å². The maximum atomic E-state index is 12.7. The lowest BCUT2D eigenvalue weighted by atomic mass is 9.96. The van der Waals surface area contributed by atoms with Crippen LogP contribution in [-0.2, 0) is 32.7 Å². The number of hydrogen-bond donors (Lipinski definition) is 1. The number of nitrogens with zero attached hydrogens (tertiary/aromatic N) is 1. The van der Waals surface area contributed by atoms with Crippen molar-refractivity contribution in [2.45, 2.75) is 226 Å². The highest BCUT2D eigenvalue weighted by Gasteiger charge is 2.27. The average molecular weight is 819 g/mol. The molecule has 0 radical (unpaired) electrons. The van der Waals surface area contributed by atoms with Gasteiger partial charge in [0.2, 0.25) is 0 Å². The van der Waals surface area contributed by atoms with Gasteiger partial charge in [-0.25, -0.2) is 4.57 Å². The van der Waals surface area contributed by atoms with Crippen LogP contribution in [0.15, 0.2) is 0 Å². The van der Waals surface area contributed by atoms with Gasteiger partial charge in [0.25, 0.3) is 0 Å². The molecule has 4 atom stereocenters. The molecule has 0 saturated carbocycles. The van der Waals surface area contributed by atoms with Gasteiger partial charge in [-0.1, -0.05) is 195 Å². The summed E-state index contributed by atoms with van der Waals surface area (Å²) in [7, 11) is 1.49. The van der Waals surface area contributed by atoms with Gasteiger partial charge in [-0.3, -0.25) is 18.6 Å². The Morgan fingerprint density at radius 3 is 1.32 bits per heavy atom. The van der Waals surface area contributed by atoms with E-state index in [4.69, 9.17) is 18.5 Å². The average Bonchev–Trinajstić information content (AvgIpc) is 3.13. The molecule has 0 aliphatic heterocycles. The molecule has 0 heterocycles. The molecule has 0 spiro atoms. The van der Waals surface area contributed by atoms with Gasteiger partial charge in [0.15, 0.2) is 6.10 Å². The highest BCUT2D eigenvalue weighted by atomic mass is 31.2. The second kappa shape index (κ2) is 37.0. The molecule has 0 rings (SSSR count). The summed E-state index contributed by atoms with van der Waals surface area (Å²) in [5.41, 5.74) is 0. The Labute approximate surface area is 346 Å². The number of phosphoric ester groups is 1. The van der Waals surface area contributed by atoms with Crippen LogP contribution >= 0.6 is 7.82 Å². The molecule has 0 saturated heterocycles. The second-order valence-corrected chi connectivity index (χ2v) is 19.5. The van der Waals surface area contributed by atoms with E-state index < -0.39 is 26.5 Å². The molecule has 0 aromatic heterocycles. The molecule has 1 N–H and O–H groups in total. The topological polar surface area (TPSA) is 108 Å². The minimum absolute atomic E-state index is 0.0354. The Morgan fingerprint density at radius 2 is 0.911 bits per heavy atom. The molecule has 56 heavy (non-hydrogen) atoms. The Balaban J connectivity index is 4.37. The lowest BCUT2D eigenvalue weighted by Gasteiger charge is -2.24. The molecule has 334 valence electrons. The summed E-state index contributed by atoms with van der Waals surface area (Å²) in [5, 5.41) is 0. The lowest BCUT2D eigenvalue weighted by Crippen LogP contribution is -2.37. The van der Waals surface area contributed by atoms with Crippen molar-refractivity contribution in [1.29, 1.82) is 0 Å². The largest absolute Gasteiger partial charge is 0.472 e. The SMILES string of the molecule is CCCCCCC(C)CCCCCCCCCCC(=O)OCC(COP(=O)(O)OCC[N+](C)(C)C)OC(=O)CCCCCCCCCCC(C)CCCCCC. The van der Waals surface area contributed by atoms with Gasteiger partial charge >= 0.3 is 19.8 Å². The summed E-state index contributed by atoms with van der Waals surface area (Å²) in [6, 6.07) is 0. The molecule has 0 amide bonds. The molecule has 4 unspecified atom stereocenters. The molecule has 0 aromatic rings. The van der Waals surface area contributed by atoms with E-state index in [2.05, 4.69) is 27.7 Å². The molecular formula is C46H93NO8P+. The van der Waals surface area contributed by atoms with Gasteiger partial charge in [-0.2, -0.15) is 0 Å². The van der Waals surface area contributed by atoms with Crippen molar-refractivity contribution in [1.82, 2.24) is 0 Å². The maximum absolute atomic E-state index is 12.7. The number of esters is 2. The number of likely N-dealkylation sites (N-methyl/N-ethyl adjacent to an activating group) is 1. The summed E-state index contributed by atoms with van der Waals surface area (Å²) < 4.78 is 34.4. The Hall–Kier alpha value is -0.990. The van der Waals surface area contributed by atoms with Gasteiger partial charge in [0, 0.05) is 12.8 Å². The molecule has 0 bridgehead atoms. The highest BCUT2D eigenvalue weighted by Crippen LogP contribution is 2.43. The third-order valence-corrected chi connectivity index (χ3v) is 11.9. The van der Waals surface area contributed by atoms with Gasteiger partial charge in [0.05, 0.1) is 27.7 Å². The Morgan fingerprint density at radius 1 is 0.536 bits per heavy atom. The van der Waals surface area contributed by atoms with E-state index in [-0.39, 0.29) is 25.6 Å². The summed E-state index contributed by atoms with van der Waals surface area (Å²) in [5.74, 6) is 0.909. The molecule has 10 heteroatoms. The smallest absolute Gasteiger partial charge is 0.462 e. The minimum atomic E-state index is -4.37. The minimum Gasteiger partial charge on any atom is -0.462 e. The van der Waals surface area contributed by atoms with Crippen molar-refractivity contribution >= 4 is 19.8 Å². The molecule has 0 aliphatic rings. The summed E-state index contributed by atoms with van der Waals surface area (Å²) in [6.45, 7) is 9.26. The standard InChI is InChI=1S/C46H92NO8P/c1-8-10-12-26-32-42(3)34-28-22-18-14-16-20-24-30-36-45(48)52-40-44(41-54-56(50,51)53-39-38-47(5,6)7)55-46(49)37-31-25-21-17-15-19-23-29-35-43(4)33-27-13-11-9-2/h42-44H,8-41H2,1-7H3/p+1. The van der Waals surface area contributed by atoms with Crippen LogP contribution in [0.2, 0.25) is 0 Å². The van der Waals surface area contributed by atoms with E-state index in [1.807, 2.05) is 21.1 Å². The number of ether oxygens (including phenoxy) is 2. The lowest BCUT2D eigenvalue weighted by molar-refractivity contribution is -0.870. The van der Waals surface area contributed by atoms with E-state index >= 15 is 0 Å². The molecule has 9 nitrogen and oxygen atoms in total. The molecule has 0 fully saturated rings. The second-order valence-electron chi connectivity index (χ2n) is 18.0. The summed E-state index contributed by atoms with van der Waals surface area (Å²) >= 11 is 0. The molecule has 0 aromatic carbocycles. The summed E-state index contributed by atoms with van der Waals surface area (Å²) in [4.78, 5) is 35.5. The monoisotopic (exact) mass is 819 g/mol. The van der Waals surface area contributed by atoms with Crippen LogP contribution in [0.3, 0.4) is 0 Å². The van der Waals surface area contributed by atoms with Crippen molar-refractivity contribution in [2.24, 2.45) is 11.8 Å². The number of rotatable bonds is 42.